The highest BCUT2D eigenvalue weighted by Gasteiger charge is 2.40. The lowest BCUT2D eigenvalue weighted by molar-refractivity contribution is -0.121. The molecule has 43 heavy (non-hydrogen) atoms. The van der Waals surface area contributed by atoms with Crippen LogP contribution >= 0.6 is 0 Å². The van der Waals surface area contributed by atoms with Crippen molar-refractivity contribution in [2.75, 3.05) is 23.4 Å². The molecule has 1 aromatic carbocycles. The van der Waals surface area contributed by atoms with Crippen LogP contribution in [0.4, 0.5) is 17.3 Å². The quantitative estimate of drug-likeness (QED) is 0.295. The van der Waals surface area contributed by atoms with Gasteiger partial charge in [0.15, 0.2) is 12.3 Å². The summed E-state index contributed by atoms with van der Waals surface area (Å²) in [5, 5.41) is 4.89. The number of rotatable bonds is 5. The van der Waals surface area contributed by atoms with Gasteiger partial charge in [0.05, 0.1) is 18.4 Å². The van der Waals surface area contributed by atoms with Crippen LogP contribution in [0, 0.1) is 5.41 Å². The smallest absolute Gasteiger partial charge is 0.278 e. The minimum absolute atomic E-state index is 0.0371. The number of aromatic nitrogens is 6. The Bertz CT molecular complexity index is 2000. The molecular weight excluding hydrogens is 544 g/mol. The Hall–Kier alpha value is -4.93. The third kappa shape index (κ3) is 4.38. The van der Waals surface area contributed by atoms with Crippen LogP contribution in [0.3, 0.4) is 0 Å². The molecule has 3 aliphatic rings. The largest absolute Gasteiger partial charge is 0.466 e. The van der Waals surface area contributed by atoms with E-state index in [0.717, 1.165) is 30.5 Å². The van der Waals surface area contributed by atoms with Crippen LogP contribution in [0.5, 0.6) is 5.88 Å². The van der Waals surface area contributed by atoms with Crippen molar-refractivity contribution in [1.82, 2.24) is 28.9 Å². The molecule has 0 spiro atoms. The van der Waals surface area contributed by atoms with Crippen molar-refractivity contribution < 1.29 is 9.53 Å². The maximum absolute atomic E-state index is 13.6. The van der Waals surface area contributed by atoms with Crippen LogP contribution in [-0.2, 0) is 17.9 Å². The zero-order chi connectivity index (χ0) is 29.1. The van der Waals surface area contributed by atoms with Crippen LogP contribution in [0.1, 0.15) is 39.0 Å². The number of fused-ring (bicyclic) bond motifs is 6. The molecular formula is C32H32N8O3. The summed E-state index contributed by atoms with van der Waals surface area (Å²) in [5.74, 6) is 0.674. The summed E-state index contributed by atoms with van der Waals surface area (Å²) in [6.45, 7) is 4.23. The number of carbonyl (C=O) groups is 1. The van der Waals surface area contributed by atoms with Gasteiger partial charge >= 0.3 is 0 Å². The summed E-state index contributed by atoms with van der Waals surface area (Å²) in [6, 6.07) is 10.3. The van der Waals surface area contributed by atoms with Crippen molar-refractivity contribution in [1.29, 1.82) is 0 Å². The van der Waals surface area contributed by atoms with Crippen molar-refractivity contribution >= 4 is 45.2 Å². The molecule has 1 aliphatic carbocycles. The number of carbonyl (C=O) groups excluding carboxylic acids is 1. The summed E-state index contributed by atoms with van der Waals surface area (Å²) >= 11 is 0. The first kappa shape index (κ1) is 25.8. The van der Waals surface area contributed by atoms with Crippen LogP contribution in [0.2, 0.25) is 0 Å². The molecule has 1 fully saturated rings. The van der Waals surface area contributed by atoms with E-state index in [1.807, 2.05) is 24.3 Å². The number of anilines is 3. The highest BCUT2D eigenvalue weighted by atomic mass is 16.5. The van der Waals surface area contributed by atoms with Crippen molar-refractivity contribution in [2.45, 2.75) is 52.1 Å². The molecule has 1 N–H and O–H groups in total. The summed E-state index contributed by atoms with van der Waals surface area (Å²) < 4.78 is 11.4. The second-order valence-corrected chi connectivity index (χ2v) is 11.8. The summed E-state index contributed by atoms with van der Waals surface area (Å²) in [6.07, 6.45) is 14.8. The molecule has 4 aromatic heterocycles. The summed E-state index contributed by atoms with van der Waals surface area (Å²) in [4.78, 5) is 41.9. The second kappa shape index (κ2) is 9.82. The summed E-state index contributed by atoms with van der Waals surface area (Å²) in [7, 11) is 0. The monoisotopic (exact) mass is 576 g/mol. The van der Waals surface area contributed by atoms with Crippen LogP contribution < -0.4 is 20.5 Å². The van der Waals surface area contributed by atoms with Gasteiger partial charge in [-0.2, -0.15) is 4.98 Å². The maximum Gasteiger partial charge on any atom is 0.278 e. The standard InChI is InChI=1S/C32H32N8O3/c1-2-32(10-11-32)20-37-14-9-21-15-22(7-8-25(21)37)35-31-34-18-24-28(36-31)40-23-16-26-29(33-17-23)43-19-27(41)38(26)12-5-3-4-6-13-39(40)30(24)42/h4,6-9,14-18H,2-3,5,10-13,19-20H2,1H3,(H,34,35,36). The molecule has 0 saturated heterocycles. The SMILES string of the molecule is CCC1(Cn2ccc3cc(Nc4ncc5c(=O)n6n(c5n4)-c4cnc5c(c4)N(CCCC=CC6)C(=O)CO5)ccc32)CC1. The third-order valence-electron chi connectivity index (χ3n) is 9.10. The molecule has 11 nitrogen and oxygen atoms in total. The van der Waals surface area contributed by atoms with Gasteiger partial charge < -0.3 is 19.5 Å². The van der Waals surface area contributed by atoms with E-state index in [2.05, 4.69) is 51.2 Å². The fraction of sp³-hybridized carbons (Fsp3) is 0.344. The van der Waals surface area contributed by atoms with Gasteiger partial charge in [-0.05, 0) is 67.9 Å². The lowest BCUT2D eigenvalue weighted by Crippen LogP contribution is -2.40. The topological polar surface area (TPSA) is 112 Å². The van der Waals surface area contributed by atoms with E-state index in [1.165, 1.54) is 24.8 Å². The molecule has 6 heterocycles. The normalized spacial score (nSPS) is 17.3. The van der Waals surface area contributed by atoms with E-state index in [0.29, 0.717) is 52.7 Å². The van der Waals surface area contributed by atoms with E-state index in [9.17, 15) is 9.59 Å². The first-order valence-electron chi connectivity index (χ1n) is 14.9. The van der Waals surface area contributed by atoms with Crippen molar-refractivity contribution in [2.24, 2.45) is 5.41 Å². The zero-order valence-electron chi connectivity index (χ0n) is 24.0. The average Bonchev–Trinajstić information content (AvgIpc) is 3.61. The molecule has 0 radical (unpaired) electrons. The predicted molar refractivity (Wildman–Crippen MR) is 164 cm³/mol. The minimum atomic E-state index is -0.201. The van der Waals surface area contributed by atoms with Gasteiger partial charge in [0.2, 0.25) is 11.8 Å². The van der Waals surface area contributed by atoms with Gasteiger partial charge in [0, 0.05) is 42.1 Å². The Labute approximate surface area is 247 Å². The first-order valence-corrected chi connectivity index (χ1v) is 14.9. The number of allylic oxidation sites excluding steroid dienone is 2. The minimum Gasteiger partial charge on any atom is -0.466 e. The van der Waals surface area contributed by atoms with Crippen LogP contribution in [-0.4, -0.2) is 47.9 Å². The number of pyridine rings is 1. The molecule has 5 aromatic rings. The Morgan fingerprint density at radius 2 is 1.98 bits per heavy atom. The molecule has 0 unspecified atom stereocenters. The third-order valence-corrected chi connectivity index (χ3v) is 9.10. The Kier molecular flexibility index (Phi) is 5.88. The van der Waals surface area contributed by atoms with Gasteiger partial charge in [-0.3, -0.25) is 9.59 Å². The van der Waals surface area contributed by atoms with Crippen molar-refractivity contribution in [3.05, 3.63) is 71.4 Å². The number of hydrogen-bond donors (Lipinski definition) is 1. The molecule has 1 amide bonds. The predicted octanol–water partition coefficient (Wildman–Crippen LogP) is 4.94. The van der Waals surface area contributed by atoms with E-state index < -0.39 is 0 Å². The fourth-order valence-corrected chi connectivity index (χ4v) is 6.32. The van der Waals surface area contributed by atoms with E-state index in [-0.39, 0.29) is 18.1 Å². The number of nitrogens with zero attached hydrogens (tertiary/aromatic N) is 7. The number of benzene rings is 1. The van der Waals surface area contributed by atoms with Gasteiger partial charge in [0.25, 0.3) is 11.5 Å². The highest BCUT2D eigenvalue weighted by Crippen LogP contribution is 2.50. The molecule has 218 valence electrons. The summed E-state index contributed by atoms with van der Waals surface area (Å²) in [5.41, 5.74) is 3.99. The Morgan fingerprint density at radius 1 is 1.07 bits per heavy atom. The van der Waals surface area contributed by atoms with Gasteiger partial charge in [0.1, 0.15) is 11.1 Å². The molecule has 2 aliphatic heterocycles. The first-order chi connectivity index (χ1) is 21.0. The number of nitrogens with one attached hydrogen (secondary N) is 1. The average molecular weight is 577 g/mol. The molecule has 1 saturated carbocycles. The van der Waals surface area contributed by atoms with Gasteiger partial charge in [-0.15, -0.1) is 0 Å². The molecule has 11 heteroatoms. The number of ether oxygens (including phenoxy) is 1. The van der Waals surface area contributed by atoms with Crippen molar-refractivity contribution in [3.63, 3.8) is 0 Å². The second-order valence-electron chi connectivity index (χ2n) is 11.8. The van der Waals surface area contributed by atoms with Gasteiger partial charge in [-0.25, -0.2) is 19.3 Å². The maximum atomic E-state index is 13.6. The number of amides is 1. The van der Waals surface area contributed by atoms with Crippen molar-refractivity contribution in [3.8, 4) is 11.6 Å². The Balaban J connectivity index is 1.19. The van der Waals surface area contributed by atoms with Gasteiger partial charge in [-0.1, -0.05) is 19.1 Å². The molecule has 0 atom stereocenters. The van der Waals surface area contributed by atoms with Crippen LogP contribution in [0.25, 0.3) is 27.6 Å². The number of hydrogen-bond acceptors (Lipinski definition) is 7. The molecule has 8 rings (SSSR count). The molecule has 2 bridgehead atoms. The fourth-order valence-electron chi connectivity index (χ4n) is 6.32. The van der Waals surface area contributed by atoms with E-state index in [1.54, 1.807) is 26.7 Å². The van der Waals surface area contributed by atoms with E-state index in [4.69, 9.17) is 9.72 Å². The lowest BCUT2D eigenvalue weighted by atomic mass is 10.0. The van der Waals surface area contributed by atoms with Crippen LogP contribution in [0.15, 0.2) is 65.9 Å². The Morgan fingerprint density at radius 3 is 2.84 bits per heavy atom. The zero-order valence-corrected chi connectivity index (χ0v) is 24.0. The highest BCUT2D eigenvalue weighted by molar-refractivity contribution is 5.97. The lowest BCUT2D eigenvalue weighted by Gasteiger charge is -2.29. The van der Waals surface area contributed by atoms with E-state index >= 15 is 0 Å².